The lowest BCUT2D eigenvalue weighted by Crippen LogP contribution is -2.43. The molecule has 0 spiro atoms. The second-order valence-corrected chi connectivity index (χ2v) is 9.10. The monoisotopic (exact) mass is 487 g/mol. The third-order valence-corrected chi connectivity index (χ3v) is 7.03. The first kappa shape index (κ1) is 20.0. The number of alkyl halides is 2. The van der Waals surface area contributed by atoms with Crippen LogP contribution in [0.1, 0.15) is 12.0 Å². The van der Waals surface area contributed by atoms with E-state index in [1.54, 1.807) is 30.3 Å². The molecule has 2 aromatic carbocycles. The standard InChI is InChI=1S/C19H17BrClF2N3OS/c20-12-9-15(25-7-5-24-6-8-25)18-13(19(22)23)11-26(16(18)10-12)28(27)17-4-2-1-3-14(17)21/h1-4,9-11,19,24H,5-8H2. The predicted octanol–water partition coefficient (Wildman–Crippen LogP) is 4.98. The van der Waals surface area contributed by atoms with E-state index in [0.717, 1.165) is 23.2 Å². The van der Waals surface area contributed by atoms with Crippen LogP contribution in [0.2, 0.25) is 5.02 Å². The van der Waals surface area contributed by atoms with E-state index in [1.807, 2.05) is 6.07 Å². The van der Waals surface area contributed by atoms with Gasteiger partial charge in [0.1, 0.15) is 16.9 Å². The van der Waals surface area contributed by atoms with E-state index >= 15 is 0 Å². The third-order valence-electron chi connectivity index (χ3n) is 4.74. The number of fused-ring (bicyclic) bond motifs is 1. The molecule has 1 unspecified atom stereocenters. The Hall–Kier alpha value is -1.32. The van der Waals surface area contributed by atoms with Gasteiger partial charge < -0.3 is 14.8 Å². The molecule has 0 amide bonds. The lowest BCUT2D eigenvalue weighted by Gasteiger charge is -2.30. The molecule has 1 aliphatic rings. The van der Waals surface area contributed by atoms with Crippen LogP contribution in [-0.2, 0) is 11.4 Å². The predicted molar refractivity (Wildman–Crippen MR) is 113 cm³/mol. The highest BCUT2D eigenvalue weighted by molar-refractivity contribution is 9.10. The Morgan fingerprint density at radius 2 is 1.89 bits per heavy atom. The lowest BCUT2D eigenvalue weighted by molar-refractivity contribution is 0.153. The van der Waals surface area contributed by atoms with Crippen molar-refractivity contribution in [1.29, 1.82) is 0 Å². The van der Waals surface area contributed by atoms with Crippen LogP contribution in [0.3, 0.4) is 0 Å². The second kappa shape index (κ2) is 8.20. The van der Waals surface area contributed by atoms with Crippen LogP contribution in [0.4, 0.5) is 14.5 Å². The third kappa shape index (κ3) is 3.64. The first-order chi connectivity index (χ1) is 13.5. The molecule has 1 atom stereocenters. The minimum Gasteiger partial charge on any atom is -0.587 e. The number of benzene rings is 2. The van der Waals surface area contributed by atoms with Crippen molar-refractivity contribution in [1.82, 2.24) is 9.29 Å². The van der Waals surface area contributed by atoms with Gasteiger partial charge in [-0.1, -0.05) is 39.7 Å². The summed E-state index contributed by atoms with van der Waals surface area (Å²) in [6, 6.07) is 10.3. The van der Waals surface area contributed by atoms with Gasteiger partial charge in [-0.15, -0.1) is 0 Å². The van der Waals surface area contributed by atoms with Gasteiger partial charge in [-0.05, 0) is 24.3 Å². The van der Waals surface area contributed by atoms with E-state index < -0.39 is 17.8 Å². The zero-order valence-electron chi connectivity index (χ0n) is 14.7. The fourth-order valence-corrected chi connectivity index (χ4v) is 5.40. The van der Waals surface area contributed by atoms with Crippen LogP contribution >= 0.6 is 27.5 Å². The molecule has 1 saturated heterocycles. The number of hydrogen-bond donors (Lipinski definition) is 1. The van der Waals surface area contributed by atoms with Crippen molar-refractivity contribution in [3.05, 3.63) is 57.7 Å². The molecule has 148 valence electrons. The van der Waals surface area contributed by atoms with Gasteiger partial charge >= 0.3 is 0 Å². The lowest BCUT2D eigenvalue weighted by atomic mass is 10.1. The molecule has 0 saturated carbocycles. The topological polar surface area (TPSA) is 43.3 Å². The molecule has 1 fully saturated rings. The Bertz CT molecular complexity index is 1010. The van der Waals surface area contributed by atoms with E-state index in [-0.39, 0.29) is 5.56 Å². The number of nitrogens with zero attached hydrogens (tertiary/aromatic N) is 2. The van der Waals surface area contributed by atoms with Gasteiger partial charge in [0.25, 0.3) is 6.43 Å². The van der Waals surface area contributed by atoms with E-state index in [4.69, 9.17) is 11.6 Å². The highest BCUT2D eigenvalue weighted by atomic mass is 79.9. The van der Waals surface area contributed by atoms with Crippen molar-refractivity contribution in [2.45, 2.75) is 11.3 Å². The van der Waals surface area contributed by atoms with Gasteiger partial charge in [0.05, 0.1) is 16.8 Å². The summed E-state index contributed by atoms with van der Waals surface area (Å²) in [5, 5.41) is 4.03. The highest BCUT2D eigenvalue weighted by Gasteiger charge is 2.28. The molecular weight excluding hydrogens is 472 g/mol. The molecule has 28 heavy (non-hydrogen) atoms. The normalized spacial score (nSPS) is 16.1. The van der Waals surface area contributed by atoms with Gasteiger partial charge in [0, 0.05) is 41.7 Å². The first-order valence-electron chi connectivity index (χ1n) is 8.72. The van der Waals surface area contributed by atoms with E-state index in [1.165, 1.54) is 10.2 Å². The van der Waals surface area contributed by atoms with Crippen molar-refractivity contribution in [3.63, 3.8) is 0 Å². The van der Waals surface area contributed by atoms with E-state index in [2.05, 4.69) is 26.1 Å². The minimum absolute atomic E-state index is 0.128. The number of anilines is 1. The Balaban J connectivity index is 1.93. The van der Waals surface area contributed by atoms with Gasteiger partial charge in [-0.25, -0.2) is 8.78 Å². The molecule has 1 aromatic heterocycles. The molecule has 0 radical (unpaired) electrons. The Kier molecular flexibility index (Phi) is 5.85. The molecule has 4 nitrogen and oxygen atoms in total. The highest BCUT2D eigenvalue weighted by Crippen LogP contribution is 2.40. The van der Waals surface area contributed by atoms with Crippen LogP contribution in [0.15, 0.2) is 52.0 Å². The molecule has 2 heterocycles. The van der Waals surface area contributed by atoms with Crippen molar-refractivity contribution in [2.75, 3.05) is 31.1 Å². The van der Waals surface area contributed by atoms with Crippen LogP contribution < -0.4 is 10.2 Å². The molecule has 3 aromatic rings. The summed E-state index contributed by atoms with van der Waals surface area (Å²) >= 11 is 7.93. The van der Waals surface area contributed by atoms with Crippen molar-refractivity contribution in [2.24, 2.45) is 0 Å². The number of piperazine rings is 1. The maximum Gasteiger partial charge on any atom is 0.266 e. The number of halogens is 4. The molecule has 4 rings (SSSR count). The Morgan fingerprint density at radius 1 is 1.18 bits per heavy atom. The van der Waals surface area contributed by atoms with Gasteiger partial charge in [-0.3, -0.25) is 0 Å². The fourth-order valence-electron chi connectivity index (χ4n) is 3.46. The molecular formula is C19H17BrClF2N3OS. The van der Waals surface area contributed by atoms with Gasteiger partial charge in [-0.2, -0.15) is 3.97 Å². The van der Waals surface area contributed by atoms with E-state index in [9.17, 15) is 13.3 Å². The van der Waals surface area contributed by atoms with Crippen molar-refractivity contribution < 1.29 is 13.3 Å². The maximum absolute atomic E-state index is 13.9. The Labute approximate surface area is 177 Å². The van der Waals surface area contributed by atoms with Crippen LogP contribution in [-0.4, -0.2) is 34.7 Å². The maximum atomic E-state index is 13.9. The quantitative estimate of drug-likeness (QED) is 0.527. The average molecular weight is 489 g/mol. The number of aromatic nitrogens is 1. The van der Waals surface area contributed by atoms with Gasteiger partial charge in [0.2, 0.25) is 0 Å². The van der Waals surface area contributed by atoms with Crippen LogP contribution in [0.5, 0.6) is 0 Å². The average Bonchev–Trinajstić information content (AvgIpc) is 3.07. The summed E-state index contributed by atoms with van der Waals surface area (Å²) in [4.78, 5) is 2.46. The summed E-state index contributed by atoms with van der Waals surface area (Å²) in [6.07, 6.45) is -1.40. The number of rotatable bonds is 4. The molecule has 1 aliphatic heterocycles. The number of hydrogen-bond acceptors (Lipinski definition) is 3. The second-order valence-electron chi connectivity index (χ2n) is 6.45. The zero-order valence-corrected chi connectivity index (χ0v) is 17.8. The smallest absolute Gasteiger partial charge is 0.266 e. The van der Waals surface area contributed by atoms with Gasteiger partial charge in [0.15, 0.2) is 4.90 Å². The summed E-state index contributed by atoms with van der Waals surface area (Å²) in [7, 11) is 0. The molecule has 0 aliphatic carbocycles. The Morgan fingerprint density at radius 3 is 2.57 bits per heavy atom. The summed E-state index contributed by atoms with van der Waals surface area (Å²) in [6.45, 7) is 2.99. The molecule has 9 heteroatoms. The first-order valence-corrected chi connectivity index (χ1v) is 11.0. The minimum atomic E-state index is -2.69. The van der Waals surface area contributed by atoms with Crippen molar-refractivity contribution >= 4 is 55.5 Å². The summed E-state index contributed by atoms with van der Waals surface area (Å²) < 4.78 is 43.2. The number of nitrogens with one attached hydrogen (secondary N) is 1. The summed E-state index contributed by atoms with van der Waals surface area (Å²) in [5.41, 5.74) is 1.07. The van der Waals surface area contributed by atoms with Crippen LogP contribution in [0, 0.1) is 0 Å². The zero-order chi connectivity index (χ0) is 19.8. The van der Waals surface area contributed by atoms with Crippen LogP contribution in [0.25, 0.3) is 10.9 Å². The van der Waals surface area contributed by atoms with Crippen molar-refractivity contribution in [3.8, 4) is 0 Å². The molecule has 1 N–H and O–H groups in total. The molecule has 0 bridgehead atoms. The van der Waals surface area contributed by atoms with E-state index in [0.29, 0.717) is 33.9 Å². The fraction of sp³-hybridized carbons (Fsp3) is 0.263. The summed E-state index contributed by atoms with van der Waals surface area (Å²) in [5.74, 6) is 0. The SMILES string of the molecule is [O-][S+](c1ccccc1Cl)n1cc(C(F)F)c2c(N3CCNCC3)cc(Br)cc21. The largest absolute Gasteiger partial charge is 0.587 e.